The van der Waals surface area contributed by atoms with Crippen LogP contribution in [0.1, 0.15) is 18.4 Å². The second-order valence-corrected chi connectivity index (χ2v) is 8.29. The molecular formula is C21H20ClN5O2S. The zero-order chi connectivity index (χ0) is 20.9. The van der Waals surface area contributed by atoms with Crippen molar-refractivity contribution in [3.05, 3.63) is 65.2 Å². The second kappa shape index (κ2) is 9.32. The van der Waals surface area contributed by atoms with Crippen molar-refractivity contribution >= 4 is 35.3 Å². The minimum atomic E-state index is -0.453. The molecule has 30 heavy (non-hydrogen) atoms. The van der Waals surface area contributed by atoms with E-state index in [9.17, 15) is 9.59 Å². The van der Waals surface area contributed by atoms with Crippen LogP contribution in [-0.2, 0) is 11.3 Å². The van der Waals surface area contributed by atoms with Gasteiger partial charge in [0.2, 0.25) is 5.91 Å². The Bertz CT molecular complexity index is 1050. The van der Waals surface area contributed by atoms with E-state index < -0.39 is 6.03 Å². The van der Waals surface area contributed by atoms with Gasteiger partial charge in [0, 0.05) is 11.6 Å². The molecule has 4 rings (SSSR count). The van der Waals surface area contributed by atoms with Crippen molar-refractivity contribution in [2.24, 2.45) is 0 Å². The molecule has 3 amide bonds. The molecule has 0 radical (unpaired) electrons. The highest BCUT2D eigenvalue weighted by atomic mass is 35.5. The standard InChI is InChI=1S/C21H20ClN5O2S/c22-17-9-5-4-8-16(17)19-25-26-21(27(19)12-14-6-2-1-3-7-14)30-13-18(28)24-20(29)23-15-10-11-15/h1-9,15H,10-13H2,(H2,23,24,28,29). The molecule has 0 aliphatic heterocycles. The van der Waals surface area contributed by atoms with Crippen LogP contribution in [0.3, 0.4) is 0 Å². The number of hydrogen-bond donors (Lipinski definition) is 2. The number of imide groups is 1. The van der Waals surface area contributed by atoms with E-state index in [0.29, 0.717) is 22.5 Å². The summed E-state index contributed by atoms with van der Waals surface area (Å²) in [7, 11) is 0. The van der Waals surface area contributed by atoms with Crippen molar-refractivity contribution in [1.82, 2.24) is 25.4 Å². The topological polar surface area (TPSA) is 88.9 Å². The first-order valence-corrected chi connectivity index (χ1v) is 10.9. The average molecular weight is 442 g/mol. The summed E-state index contributed by atoms with van der Waals surface area (Å²) in [6, 6.07) is 17.1. The zero-order valence-corrected chi connectivity index (χ0v) is 17.6. The van der Waals surface area contributed by atoms with E-state index in [1.165, 1.54) is 11.8 Å². The second-order valence-electron chi connectivity index (χ2n) is 6.94. The van der Waals surface area contributed by atoms with Crippen molar-refractivity contribution in [3.8, 4) is 11.4 Å². The fourth-order valence-electron chi connectivity index (χ4n) is 2.89. The Balaban J connectivity index is 1.52. The van der Waals surface area contributed by atoms with Crippen LogP contribution in [0.4, 0.5) is 4.79 Å². The molecule has 1 heterocycles. The summed E-state index contributed by atoms with van der Waals surface area (Å²) in [6.45, 7) is 0.528. The van der Waals surface area contributed by atoms with Crippen molar-refractivity contribution in [1.29, 1.82) is 0 Å². The van der Waals surface area contributed by atoms with E-state index in [1.807, 2.05) is 53.1 Å². The molecule has 0 unspecified atom stereocenters. The third-order valence-corrected chi connectivity index (χ3v) is 5.81. The van der Waals surface area contributed by atoms with E-state index >= 15 is 0 Å². The summed E-state index contributed by atoms with van der Waals surface area (Å²) in [5.41, 5.74) is 1.84. The van der Waals surface area contributed by atoms with Crippen LogP contribution in [0.25, 0.3) is 11.4 Å². The number of hydrogen-bond acceptors (Lipinski definition) is 5. The third kappa shape index (κ3) is 5.20. The van der Waals surface area contributed by atoms with Crippen LogP contribution < -0.4 is 10.6 Å². The van der Waals surface area contributed by atoms with Crippen molar-refractivity contribution in [2.45, 2.75) is 30.6 Å². The maximum Gasteiger partial charge on any atom is 0.321 e. The number of carbonyl (C=O) groups excluding carboxylic acids is 2. The Kier molecular flexibility index (Phi) is 6.35. The van der Waals surface area contributed by atoms with E-state index in [-0.39, 0.29) is 17.7 Å². The molecule has 0 bridgehead atoms. The van der Waals surface area contributed by atoms with Gasteiger partial charge < -0.3 is 5.32 Å². The third-order valence-electron chi connectivity index (χ3n) is 4.51. The van der Waals surface area contributed by atoms with E-state index in [2.05, 4.69) is 20.8 Å². The van der Waals surface area contributed by atoms with E-state index in [0.717, 1.165) is 24.0 Å². The highest BCUT2D eigenvalue weighted by molar-refractivity contribution is 7.99. The fraction of sp³-hybridized carbons (Fsp3) is 0.238. The van der Waals surface area contributed by atoms with Gasteiger partial charge in [-0.3, -0.25) is 14.7 Å². The van der Waals surface area contributed by atoms with Gasteiger partial charge >= 0.3 is 6.03 Å². The molecular weight excluding hydrogens is 422 g/mol. The van der Waals surface area contributed by atoms with Crippen molar-refractivity contribution < 1.29 is 9.59 Å². The van der Waals surface area contributed by atoms with Crippen LogP contribution in [0, 0.1) is 0 Å². The number of thioether (sulfide) groups is 1. The molecule has 7 nitrogen and oxygen atoms in total. The van der Waals surface area contributed by atoms with Gasteiger partial charge in [-0.2, -0.15) is 0 Å². The molecule has 2 aromatic carbocycles. The lowest BCUT2D eigenvalue weighted by Crippen LogP contribution is -2.41. The maximum absolute atomic E-state index is 12.2. The Morgan fingerprint density at radius 2 is 1.80 bits per heavy atom. The summed E-state index contributed by atoms with van der Waals surface area (Å²) in [6.07, 6.45) is 1.92. The molecule has 1 saturated carbocycles. The van der Waals surface area contributed by atoms with Crippen LogP contribution in [0.15, 0.2) is 59.8 Å². The first-order chi connectivity index (χ1) is 14.6. The van der Waals surface area contributed by atoms with Gasteiger partial charge in [0.25, 0.3) is 0 Å². The summed E-state index contributed by atoms with van der Waals surface area (Å²) in [5.74, 6) is 0.290. The lowest BCUT2D eigenvalue weighted by Gasteiger charge is -2.11. The van der Waals surface area contributed by atoms with E-state index in [4.69, 9.17) is 11.6 Å². The number of carbonyl (C=O) groups is 2. The minimum absolute atomic E-state index is 0.0491. The summed E-state index contributed by atoms with van der Waals surface area (Å²) in [5, 5.41) is 14.8. The Morgan fingerprint density at radius 3 is 2.53 bits per heavy atom. The predicted octanol–water partition coefficient (Wildman–Crippen LogP) is 3.73. The van der Waals surface area contributed by atoms with Gasteiger partial charge in [-0.1, -0.05) is 65.8 Å². The highest BCUT2D eigenvalue weighted by Gasteiger charge is 2.24. The number of benzene rings is 2. The van der Waals surface area contributed by atoms with Crippen molar-refractivity contribution in [2.75, 3.05) is 5.75 Å². The lowest BCUT2D eigenvalue weighted by atomic mass is 10.2. The van der Waals surface area contributed by atoms with Crippen LogP contribution in [0.5, 0.6) is 0 Å². The summed E-state index contributed by atoms with van der Waals surface area (Å²) < 4.78 is 1.93. The normalized spacial score (nSPS) is 13.1. The minimum Gasteiger partial charge on any atom is -0.335 e. The quantitative estimate of drug-likeness (QED) is 0.545. The maximum atomic E-state index is 12.2. The summed E-state index contributed by atoms with van der Waals surface area (Å²) in [4.78, 5) is 23.9. The Labute approximate surface area is 183 Å². The molecule has 1 aliphatic carbocycles. The van der Waals surface area contributed by atoms with Gasteiger partial charge in [0.1, 0.15) is 0 Å². The van der Waals surface area contributed by atoms with Crippen LogP contribution >= 0.6 is 23.4 Å². The van der Waals surface area contributed by atoms with Crippen molar-refractivity contribution in [3.63, 3.8) is 0 Å². The van der Waals surface area contributed by atoms with Gasteiger partial charge in [-0.25, -0.2) is 4.79 Å². The first-order valence-electron chi connectivity index (χ1n) is 9.55. The molecule has 3 aromatic rings. The number of aromatic nitrogens is 3. The number of nitrogens with one attached hydrogen (secondary N) is 2. The summed E-state index contributed by atoms with van der Waals surface area (Å²) >= 11 is 7.60. The number of amides is 3. The number of urea groups is 1. The van der Waals surface area contributed by atoms with E-state index in [1.54, 1.807) is 6.07 Å². The fourth-order valence-corrected chi connectivity index (χ4v) is 3.85. The van der Waals surface area contributed by atoms with Gasteiger partial charge in [-0.15, -0.1) is 10.2 Å². The predicted molar refractivity (Wildman–Crippen MR) is 116 cm³/mol. The number of halogens is 1. The first kappa shape index (κ1) is 20.4. The molecule has 0 saturated heterocycles. The smallest absolute Gasteiger partial charge is 0.321 e. The zero-order valence-electron chi connectivity index (χ0n) is 16.0. The molecule has 0 spiro atoms. The lowest BCUT2D eigenvalue weighted by molar-refractivity contribution is -0.117. The molecule has 1 aromatic heterocycles. The highest BCUT2D eigenvalue weighted by Crippen LogP contribution is 2.30. The Morgan fingerprint density at radius 1 is 1.07 bits per heavy atom. The van der Waals surface area contributed by atoms with Gasteiger partial charge in [0.05, 0.1) is 17.3 Å². The molecule has 1 aliphatic rings. The number of nitrogens with zero attached hydrogens (tertiary/aromatic N) is 3. The SMILES string of the molecule is O=C(CSc1nnc(-c2ccccc2Cl)n1Cc1ccccc1)NC(=O)NC1CC1. The average Bonchev–Trinajstić information content (AvgIpc) is 3.46. The largest absolute Gasteiger partial charge is 0.335 e. The van der Waals surface area contributed by atoms with Gasteiger partial charge in [0.15, 0.2) is 11.0 Å². The van der Waals surface area contributed by atoms with Crippen LogP contribution in [0.2, 0.25) is 5.02 Å². The van der Waals surface area contributed by atoms with Gasteiger partial charge in [-0.05, 0) is 30.5 Å². The molecule has 154 valence electrons. The molecule has 1 fully saturated rings. The Hall–Kier alpha value is -2.84. The van der Waals surface area contributed by atoms with Crippen LogP contribution in [-0.4, -0.2) is 38.5 Å². The molecule has 2 N–H and O–H groups in total. The molecule has 0 atom stereocenters. The molecule has 9 heteroatoms. The monoisotopic (exact) mass is 441 g/mol. The number of rotatable bonds is 7.